The topological polar surface area (TPSA) is 12.5 Å². The fourth-order valence-electron chi connectivity index (χ4n) is 1.99. The predicted molar refractivity (Wildman–Crippen MR) is 57.2 cm³/mol. The van der Waals surface area contributed by atoms with Gasteiger partial charge in [0.05, 0.1) is 0 Å². The lowest BCUT2D eigenvalue weighted by Crippen LogP contribution is -2.37. The molecule has 1 fully saturated rings. The van der Waals surface area contributed by atoms with Crippen LogP contribution in [0.2, 0.25) is 0 Å². The van der Waals surface area contributed by atoms with Crippen molar-refractivity contribution in [2.45, 2.75) is 31.7 Å². The van der Waals surface area contributed by atoms with E-state index in [0.717, 1.165) is 16.2 Å². The molecular weight excluding hydrogens is 231 g/mol. The monoisotopic (exact) mass is 245 g/mol. The Morgan fingerprint density at radius 2 is 1.82 bits per heavy atom. The molecule has 0 radical (unpaired) electrons. The third-order valence-electron chi connectivity index (χ3n) is 3.00. The lowest BCUT2D eigenvalue weighted by atomic mass is 10.0. The maximum atomic E-state index is 12.6. The van der Waals surface area contributed by atoms with Gasteiger partial charge in [-0.1, -0.05) is 29.8 Å². The second-order valence-corrected chi connectivity index (χ2v) is 4.34. The van der Waals surface area contributed by atoms with E-state index in [4.69, 9.17) is 4.84 Å². The molecule has 0 aliphatic carbocycles. The molecule has 1 heterocycles. The number of hydroxylamine groups is 2. The Morgan fingerprint density at radius 1 is 1.24 bits per heavy atom. The summed E-state index contributed by atoms with van der Waals surface area (Å²) in [5, 5.41) is 0.907. The SMILES string of the molecule is Cc1ccc([C@H]2C[C@@H](C(F)(F)F)N(C)O2)cc1. The largest absolute Gasteiger partial charge is 0.406 e. The quantitative estimate of drug-likeness (QED) is 0.753. The molecule has 0 saturated carbocycles. The average molecular weight is 245 g/mol. The highest BCUT2D eigenvalue weighted by molar-refractivity contribution is 5.23. The van der Waals surface area contributed by atoms with Gasteiger partial charge in [0.25, 0.3) is 0 Å². The van der Waals surface area contributed by atoms with E-state index in [2.05, 4.69) is 0 Å². The summed E-state index contributed by atoms with van der Waals surface area (Å²) in [6.45, 7) is 1.93. The lowest BCUT2D eigenvalue weighted by Gasteiger charge is -2.19. The highest BCUT2D eigenvalue weighted by Gasteiger charge is 2.49. The molecule has 1 aliphatic rings. The molecule has 0 unspecified atom stereocenters. The molecule has 2 rings (SSSR count). The molecule has 1 aromatic rings. The summed E-state index contributed by atoms with van der Waals surface area (Å²) < 4.78 is 37.9. The Morgan fingerprint density at radius 3 is 2.29 bits per heavy atom. The molecule has 0 bridgehead atoms. The Kier molecular flexibility index (Phi) is 3.14. The summed E-state index contributed by atoms with van der Waals surface area (Å²) >= 11 is 0. The van der Waals surface area contributed by atoms with Crippen LogP contribution in [-0.2, 0) is 4.84 Å². The second-order valence-electron chi connectivity index (χ2n) is 4.34. The Balaban J connectivity index is 2.14. The van der Waals surface area contributed by atoms with Crippen LogP contribution in [0.4, 0.5) is 13.2 Å². The Labute approximate surface area is 97.9 Å². The van der Waals surface area contributed by atoms with Crippen molar-refractivity contribution < 1.29 is 18.0 Å². The number of rotatable bonds is 1. The molecule has 0 amide bonds. The van der Waals surface area contributed by atoms with Gasteiger partial charge in [0.15, 0.2) is 0 Å². The Bertz CT molecular complexity index is 388. The molecule has 0 aromatic heterocycles. The molecule has 17 heavy (non-hydrogen) atoms. The van der Waals surface area contributed by atoms with Crippen molar-refractivity contribution >= 4 is 0 Å². The molecule has 0 spiro atoms. The van der Waals surface area contributed by atoms with Crippen molar-refractivity contribution in [3.05, 3.63) is 35.4 Å². The van der Waals surface area contributed by atoms with E-state index in [9.17, 15) is 13.2 Å². The van der Waals surface area contributed by atoms with Crippen LogP contribution in [-0.4, -0.2) is 24.3 Å². The third kappa shape index (κ3) is 2.61. The van der Waals surface area contributed by atoms with Crippen molar-refractivity contribution in [1.82, 2.24) is 5.06 Å². The molecule has 1 aromatic carbocycles. The summed E-state index contributed by atoms with van der Waals surface area (Å²) in [7, 11) is 1.33. The van der Waals surface area contributed by atoms with Gasteiger partial charge >= 0.3 is 6.18 Å². The summed E-state index contributed by atoms with van der Waals surface area (Å²) in [4.78, 5) is 5.24. The highest BCUT2D eigenvalue weighted by atomic mass is 19.4. The zero-order valence-electron chi connectivity index (χ0n) is 9.66. The number of hydrogen-bond acceptors (Lipinski definition) is 2. The van der Waals surface area contributed by atoms with Gasteiger partial charge in [-0.3, -0.25) is 4.84 Å². The first kappa shape index (κ1) is 12.4. The number of hydrogen-bond donors (Lipinski definition) is 0. The van der Waals surface area contributed by atoms with Crippen LogP contribution >= 0.6 is 0 Å². The van der Waals surface area contributed by atoms with Crippen LogP contribution in [0.3, 0.4) is 0 Å². The van der Waals surface area contributed by atoms with E-state index >= 15 is 0 Å². The van der Waals surface area contributed by atoms with E-state index < -0.39 is 18.3 Å². The van der Waals surface area contributed by atoms with Gasteiger partial charge in [0.2, 0.25) is 0 Å². The van der Waals surface area contributed by atoms with E-state index in [-0.39, 0.29) is 6.42 Å². The van der Waals surface area contributed by atoms with E-state index in [1.807, 2.05) is 31.2 Å². The summed E-state index contributed by atoms with van der Waals surface area (Å²) in [5.41, 5.74) is 1.86. The van der Waals surface area contributed by atoms with Crippen molar-refractivity contribution in [1.29, 1.82) is 0 Å². The average Bonchev–Trinajstić information content (AvgIpc) is 2.61. The summed E-state index contributed by atoms with van der Waals surface area (Å²) in [6, 6.07) is 5.85. The fourth-order valence-corrected chi connectivity index (χ4v) is 1.99. The zero-order valence-corrected chi connectivity index (χ0v) is 9.66. The van der Waals surface area contributed by atoms with E-state index in [1.54, 1.807) is 0 Å². The van der Waals surface area contributed by atoms with Crippen molar-refractivity contribution in [3.63, 3.8) is 0 Å². The smallest absolute Gasteiger partial charge is 0.291 e. The van der Waals surface area contributed by atoms with Crippen LogP contribution < -0.4 is 0 Å². The predicted octanol–water partition coefficient (Wildman–Crippen LogP) is 3.23. The molecule has 0 N–H and O–H groups in total. The van der Waals surface area contributed by atoms with Gasteiger partial charge in [-0.15, -0.1) is 0 Å². The number of halogens is 3. The standard InChI is InChI=1S/C12H14F3NO/c1-8-3-5-9(6-4-8)10-7-11(12(13,14)15)16(2)17-10/h3-6,10-11H,7H2,1-2H3/t10-,11+/m1/s1. The first-order valence-corrected chi connectivity index (χ1v) is 5.41. The van der Waals surface area contributed by atoms with Crippen LogP contribution in [0, 0.1) is 6.92 Å². The molecule has 1 aliphatic heterocycles. The maximum absolute atomic E-state index is 12.6. The van der Waals surface area contributed by atoms with E-state index in [1.165, 1.54) is 7.05 Å². The molecule has 94 valence electrons. The Hall–Kier alpha value is -1.07. The van der Waals surface area contributed by atoms with Crippen molar-refractivity contribution in [2.24, 2.45) is 0 Å². The van der Waals surface area contributed by atoms with Crippen LogP contribution in [0.15, 0.2) is 24.3 Å². The van der Waals surface area contributed by atoms with Gasteiger partial charge in [-0.05, 0) is 12.5 Å². The summed E-state index contributed by atoms with van der Waals surface area (Å²) in [6.07, 6.45) is -4.80. The van der Waals surface area contributed by atoms with Crippen LogP contribution in [0.5, 0.6) is 0 Å². The molecular formula is C12H14F3NO. The molecule has 5 heteroatoms. The number of nitrogens with zero attached hydrogens (tertiary/aromatic N) is 1. The minimum atomic E-state index is -4.24. The third-order valence-corrected chi connectivity index (χ3v) is 3.00. The minimum Gasteiger partial charge on any atom is -0.291 e. The first-order valence-electron chi connectivity index (χ1n) is 5.41. The van der Waals surface area contributed by atoms with E-state index in [0.29, 0.717) is 0 Å². The van der Waals surface area contributed by atoms with Crippen molar-refractivity contribution in [3.8, 4) is 0 Å². The minimum absolute atomic E-state index is 0.0525. The highest BCUT2D eigenvalue weighted by Crippen LogP contribution is 2.39. The van der Waals surface area contributed by atoms with Crippen molar-refractivity contribution in [2.75, 3.05) is 7.05 Å². The molecule has 1 saturated heterocycles. The van der Waals surface area contributed by atoms with Gasteiger partial charge in [-0.2, -0.15) is 18.2 Å². The molecule has 2 atom stereocenters. The molecule has 2 nitrogen and oxygen atoms in total. The second kappa shape index (κ2) is 4.31. The number of alkyl halides is 3. The lowest BCUT2D eigenvalue weighted by molar-refractivity contribution is -0.232. The van der Waals surface area contributed by atoms with Gasteiger partial charge in [0, 0.05) is 13.5 Å². The van der Waals surface area contributed by atoms with Crippen LogP contribution in [0.1, 0.15) is 23.7 Å². The summed E-state index contributed by atoms with van der Waals surface area (Å²) in [5.74, 6) is 0. The van der Waals surface area contributed by atoms with Crippen LogP contribution in [0.25, 0.3) is 0 Å². The van der Waals surface area contributed by atoms with Gasteiger partial charge in [0.1, 0.15) is 12.1 Å². The normalized spacial score (nSPS) is 26.4. The maximum Gasteiger partial charge on any atom is 0.406 e. The number of aryl methyl sites for hydroxylation is 1. The van der Waals surface area contributed by atoms with Gasteiger partial charge < -0.3 is 0 Å². The fraction of sp³-hybridized carbons (Fsp3) is 0.500. The first-order chi connectivity index (χ1) is 7.88. The zero-order chi connectivity index (χ0) is 12.6. The van der Waals surface area contributed by atoms with Gasteiger partial charge in [-0.25, -0.2) is 0 Å². The number of benzene rings is 1.